The molecule has 0 aromatic heterocycles. The van der Waals surface area contributed by atoms with Gasteiger partial charge < -0.3 is 15.4 Å². The molecule has 2 N–H and O–H groups in total. The minimum Gasteiger partial charge on any atom is -0.444 e. The fourth-order valence-corrected chi connectivity index (χ4v) is 5.99. The molecule has 0 radical (unpaired) electrons. The van der Waals surface area contributed by atoms with E-state index in [-0.39, 0.29) is 17.8 Å². The van der Waals surface area contributed by atoms with E-state index in [1.165, 1.54) is 36.5 Å². The van der Waals surface area contributed by atoms with Crippen molar-refractivity contribution in [2.45, 2.75) is 83.7 Å². The fourth-order valence-electron chi connectivity index (χ4n) is 5.99. The maximum Gasteiger partial charge on any atom is 0.410 e. The first-order valence-corrected chi connectivity index (χ1v) is 11.9. The van der Waals surface area contributed by atoms with Crippen molar-refractivity contribution in [2.24, 2.45) is 11.1 Å². The van der Waals surface area contributed by atoms with Gasteiger partial charge in [0.05, 0.1) is 0 Å². The number of amides is 2. The second-order valence-corrected chi connectivity index (χ2v) is 11.2. The number of carbonyl (C=O) groups is 2. The van der Waals surface area contributed by atoms with Crippen molar-refractivity contribution in [1.29, 1.82) is 0 Å². The van der Waals surface area contributed by atoms with E-state index in [4.69, 9.17) is 10.5 Å². The van der Waals surface area contributed by atoms with Crippen molar-refractivity contribution in [3.05, 3.63) is 39.7 Å². The lowest BCUT2D eigenvalue weighted by molar-refractivity contribution is 0.0197. The minimum absolute atomic E-state index is 0.115. The number of fused-ring (bicyclic) bond motifs is 2. The summed E-state index contributed by atoms with van der Waals surface area (Å²) in [5.41, 5.74) is 10.9. The molecule has 1 atom stereocenters. The Bertz CT molecular complexity index is 1030. The highest BCUT2D eigenvalue weighted by molar-refractivity contribution is 5.98. The summed E-state index contributed by atoms with van der Waals surface area (Å²) in [6.45, 7) is 6.61. The van der Waals surface area contributed by atoms with Crippen LogP contribution in [0.2, 0.25) is 0 Å². The van der Waals surface area contributed by atoms with Crippen LogP contribution in [0.4, 0.5) is 9.18 Å². The predicted octanol–water partition coefficient (Wildman–Crippen LogP) is 5.31. The molecule has 32 heavy (non-hydrogen) atoms. The van der Waals surface area contributed by atoms with Gasteiger partial charge in [-0.3, -0.25) is 4.79 Å². The summed E-state index contributed by atoms with van der Waals surface area (Å²) in [6, 6.07) is 1.34. The second-order valence-electron chi connectivity index (χ2n) is 11.2. The number of primary amides is 1. The average Bonchev–Trinajstić information content (AvgIpc) is 3.36. The summed E-state index contributed by atoms with van der Waals surface area (Å²) < 4.78 is 21.2. The molecule has 1 aromatic rings. The molecule has 1 saturated carbocycles. The number of allylic oxidation sites excluding steroid dienone is 2. The van der Waals surface area contributed by atoms with E-state index in [0.29, 0.717) is 36.1 Å². The molecule has 1 aromatic carbocycles. The van der Waals surface area contributed by atoms with Gasteiger partial charge in [0, 0.05) is 30.1 Å². The van der Waals surface area contributed by atoms with Crippen LogP contribution in [0.1, 0.15) is 98.7 Å². The monoisotopic (exact) mass is 440 g/mol. The lowest BCUT2D eigenvalue weighted by atomic mass is 9.78. The number of nitrogens with two attached hydrogens (primary N) is 1. The molecule has 4 aliphatic rings. The molecule has 6 heteroatoms. The Morgan fingerprint density at radius 2 is 2.00 bits per heavy atom. The summed E-state index contributed by atoms with van der Waals surface area (Å²) in [4.78, 5) is 26.6. The molecule has 172 valence electrons. The number of hydrogen-bond acceptors (Lipinski definition) is 3. The van der Waals surface area contributed by atoms with Crippen molar-refractivity contribution >= 4 is 17.6 Å². The molecule has 2 fully saturated rings. The Kier molecular flexibility index (Phi) is 4.91. The molecule has 1 spiro atoms. The fraction of sp³-hybridized carbons (Fsp3) is 0.615. The minimum atomic E-state index is -0.569. The van der Waals surface area contributed by atoms with Gasteiger partial charge in [0.1, 0.15) is 11.4 Å². The average molecular weight is 441 g/mol. The molecule has 1 aliphatic heterocycles. The Morgan fingerprint density at radius 1 is 1.25 bits per heavy atom. The zero-order chi connectivity index (χ0) is 22.8. The smallest absolute Gasteiger partial charge is 0.410 e. The van der Waals surface area contributed by atoms with E-state index >= 15 is 4.39 Å². The lowest BCUT2D eigenvalue weighted by Gasteiger charge is -2.35. The van der Waals surface area contributed by atoms with E-state index in [1.807, 2.05) is 20.8 Å². The topological polar surface area (TPSA) is 72.6 Å². The highest BCUT2D eigenvalue weighted by Gasteiger charge is 2.48. The number of carbonyl (C=O) groups excluding carboxylic acids is 2. The molecule has 5 rings (SSSR count). The first-order chi connectivity index (χ1) is 15.1. The predicted molar refractivity (Wildman–Crippen MR) is 121 cm³/mol. The summed E-state index contributed by atoms with van der Waals surface area (Å²) >= 11 is 0. The number of rotatable bonds is 2. The van der Waals surface area contributed by atoms with Crippen LogP contribution < -0.4 is 5.73 Å². The zero-order valence-electron chi connectivity index (χ0n) is 19.4. The van der Waals surface area contributed by atoms with Crippen LogP contribution in [-0.2, 0) is 11.2 Å². The van der Waals surface area contributed by atoms with Gasteiger partial charge in [-0.25, -0.2) is 9.18 Å². The van der Waals surface area contributed by atoms with Crippen LogP contribution in [0.25, 0.3) is 5.57 Å². The van der Waals surface area contributed by atoms with Gasteiger partial charge in [0.15, 0.2) is 0 Å². The van der Waals surface area contributed by atoms with E-state index in [9.17, 15) is 9.59 Å². The number of nitrogens with zero attached hydrogens (tertiary/aromatic N) is 1. The highest BCUT2D eigenvalue weighted by atomic mass is 19.1. The number of piperidine rings is 1. The SMILES string of the molecule is CC(C)(C)OC(=O)N1CCCC(c2c(F)cc(C(N)=O)c3c2C2=C(CCC4(CC4)C2)C3)C1. The summed E-state index contributed by atoms with van der Waals surface area (Å²) in [5.74, 6) is -1.04. The molecule has 1 saturated heterocycles. The third-order valence-electron chi connectivity index (χ3n) is 7.76. The first kappa shape index (κ1) is 21.5. The summed E-state index contributed by atoms with van der Waals surface area (Å²) in [5, 5.41) is 0. The molecule has 5 nitrogen and oxygen atoms in total. The largest absolute Gasteiger partial charge is 0.444 e. The third kappa shape index (κ3) is 3.71. The number of hydrogen-bond donors (Lipinski definition) is 1. The zero-order valence-corrected chi connectivity index (χ0v) is 19.4. The highest BCUT2D eigenvalue weighted by Crippen LogP contribution is 2.62. The van der Waals surface area contributed by atoms with Gasteiger partial charge in [-0.1, -0.05) is 5.57 Å². The van der Waals surface area contributed by atoms with E-state index in [0.717, 1.165) is 36.8 Å². The van der Waals surface area contributed by atoms with E-state index in [1.54, 1.807) is 4.90 Å². The second kappa shape index (κ2) is 7.32. The molecule has 1 heterocycles. The Balaban J connectivity index is 1.54. The van der Waals surface area contributed by atoms with E-state index in [2.05, 4.69) is 0 Å². The Morgan fingerprint density at radius 3 is 2.66 bits per heavy atom. The van der Waals surface area contributed by atoms with Crippen LogP contribution in [0.3, 0.4) is 0 Å². The van der Waals surface area contributed by atoms with Gasteiger partial charge in [0.2, 0.25) is 5.91 Å². The quantitative estimate of drug-likeness (QED) is 0.677. The number of ether oxygens (including phenoxy) is 1. The van der Waals surface area contributed by atoms with Crippen LogP contribution in [0.15, 0.2) is 11.6 Å². The van der Waals surface area contributed by atoms with Crippen molar-refractivity contribution in [3.63, 3.8) is 0 Å². The van der Waals surface area contributed by atoms with Crippen molar-refractivity contribution in [2.75, 3.05) is 13.1 Å². The van der Waals surface area contributed by atoms with Gasteiger partial charge in [-0.2, -0.15) is 0 Å². The molecule has 0 bridgehead atoms. The van der Waals surface area contributed by atoms with Crippen LogP contribution in [0.5, 0.6) is 0 Å². The maximum absolute atomic E-state index is 15.7. The van der Waals surface area contributed by atoms with Gasteiger partial charge in [-0.05, 0) is 100 Å². The van der Waals surface area contributed by atoms with Gasteiger partial charge in [0.25, 0.3) is 0 Å². The molecular weight excluding hydrogens is 407 g/mol. The Hall–Kier alpha value is -2.37. The number of halogens is 1. The van der Waals surface area contributed by atoms with Crippen molar-refractivity contribution in [1.82, 2.24) is 4.90 Å². The van der Waals surface area contributed by atoms with Gasteiger partial charge >= 0.3 is 6.09 Å². The molecule has 3 aliphatic carbocycles. The Labute approximate surface area is 189 Å². The van der Waals surface area contributed by atoms with Crippen LogP contribution in [0, 0.1) is 11.2 Å². The molecule has 2 amide bonds. The molecular formula is C26H33FN2O3. The number of benzene rings is 1. The standard InChI is InChI=1S/C26H33FN2O3/c1-25(2,3)32-24(31)29-10-4-5-16(14-29)21-20(27)12-18(23(28)30)17-11-15-6-7-26(8-9-26)13-19(15)22(17)21/h12,16H,4-11,13-14H2,1-3H3,(H2,28,30). The molecule has 1 unspecified atom stereocenters. The number of likely N-dealkylation sites (tertiary alicyclic amines) is 1. The third-order valence-corrected chi connectivity index (χ3v) is 7.76. The van der Waals surface area contributed by atoms with Crippen molar-refractivity contribution in [3.8, 4) is 0 Å². The van der Waals surface area contributed by atoms with Crippen LogP contribution >= 0.6 is 0 Å². The summed E-state index contributed by atoms with van der Waals surface area (Å²) in [6.07, 6.45) is 7.64. The van der Waals surface area contributed by atoms with E-state index < -0.39 is 11.5 Å². The maximum atomic E-state index is 15.7. The first-order valence-electron chi connectivity index (χ1n) is 11.9. The van der Waals surface area contributed by atoms with Crippen molar-refractivity contribution < 1.29 is 18.7 Å². The summed E-state index contributed by atoms with van der Waals surface area (Å²) in [7, 11) is 0. The lowest BCUT2D eigenvalue weighted by Crippen LogP contribution is -2.42. The van der Waals surface area contributed by atoms with Crippen LogP contribution in [-0.4, -0.2) is 35.6 Å². The normalized spacial score (nSPS) is 23.8. The van der Waals surface area contributed by atoms with Gasteiger partial charge in [-0.15, -0.1) is 0 Å².